The van der Waals surface area contributed by atoms with E-state index in [2.05, 4.69) is 22.4 Å². The van der Waals surface area contributed by atoms with Crippen molar-refractivity contribution in [3.63, 3.8) is 0 Å². The van der Waals surface area contributed by atoms with Crippen molar-refractivity contribution in [1.82, 2.24) is 19.6 Å². The molecule has 0 aliphatic carbocycles. The fourth-order valence-corrected chi connectivity index (χ4v) is 3.10. The molecule has 2 heterocycles. The van der Waals surface area contributed by atoms with Crippen LogP contribution < -0.4 is 14.8 Å². The Bertz CT molecular complexity index is 1330. The highest BCUT2D eigenvalue weighted by Gasteiger charge is 2.17. The van der Waals surface area contributed by atoms with Crippen molar-refractivity contribution >= 4 is 17.3 Å². The Morgan fingerprint density at radius 1 is 1.11 bits per heavy atom. The number of anilines is 1. The molecule has 0 unspecified atom stereocenters. The number of halogens is 1. The van der Waals surface area contributed by atoms with Gasteiger partial charge in [-0.2, -0.15) is 10.2 Å². The first-order valence-corrected chi connectivity index (χ1v) is 10.6. The first kappa shape index (κ1) is 23.4. The lowest BCUT2D eigenvalue weighted by Gasteiger charge is -2.07. The average molecular weight is 480 g/mol. The summed E-state index contributed by atoms with van der Waals surface area (Å²) < 4.78 is 27.2. The molecule has 1 N–H and O–H groups in total. The maximum atomic E-state index is 13.4. The van der Waals surface area contributed by atoms with E-state index in [0.717, 1.165) is 24.6 Å². The Balaban J connectivity index is 1.31. The summed E-state index contributed by atoms with van der Waals surface area (Å²) in [4.78, 5) is 22.9. The van der Waals surface area contributed by atoms with Crippen LogP contribution in [0.4, 0.5) is 15.8 Å². The van der Waals surface area contributed by atoms with Crippen molar-refractivity contribution in [2.24, 2.45) is 0 Å². The second kappa shape index (κ2) is 10.5. The van der Waals surface area contributed by atoms with Gasteiger partial charge < -0.3 is 14.8 Å². The third kappa shape index (κ3) is 5.99. The molecule has 0 aliphatic rings. The van der Waals surface area contributed by atoms with E-state index in [1.54, 1.807) is 6.20 Å². The van der Waals surface area contributed by atoms with E-state index in [1.807, 2.05) is 24.3 Å². The highest BCUT2D eigenvalue weighted by molar-refractivity contribution is 6.02. The molecule has 0 atom stereocenters. The zero-order valence-electron chi connectivity index (χ0n) is 18.6. The van der Waals surface area contributed by atoms with Gasteiger partial charge in [-0.3, -0.25) is 14.9 Å². The van der Waals surface area contributed by atoms with Crippen LogP contribution in [0.3, 0.4) is 0 Å². The molecule has 180 valence electrons. The van der Waals surface area contributed by atoms with Crippen molar-refractivity contribution in [3.05, 3.63) is 94.3 Å². The molecule has 4 rings (SSSR count). The minimum absolute atomic E-state index is 0.0855. The van der Waals surface area contributed by atoms with Gasteiger partial charge in [-0.1, -0.05) is 19.1 Å². The summed E-state index contributed by atoms with van der Waals surface area (Å²) in [6.45, 7) is 1.99. The number of aromatic nitrogens is 4. The standard InChI is InChI=1S/C23H21FN6O5/c1-2-16-3-6-19(7-4-16)34-15-29-13-18(12-25-29)26-23(31)20-9-10-28(27-20)14-35-22-11-17(24)5-8-21(22)30(32)33/h3-13H,2,14-15H2,1H3,(H,26,31). The van der Waals surface area contributed by atoms with E-state index in [0.29, 0.717) is 11.4 Å². The fraction of sp³-hybridized carbons (Fsp3) is 0.174. The quantitative estimate of drug-likeness (QED) is 0.268. The number of hydrogen-bond acceptors (Lipinski definition) is 7. The number of hydrogen-bond donors (Lipinski definition) is 1. The minimum atomic E-state index is -0.677. The summed E-state index contributed by atoms with van der Waals surface area (Å²) in [7, 11) is 0. The van der Waals surface area contributed by atoms with Crippen molar-refractivity contribution in [2.75, 3.05) is 5.32 Å². The van der Waals surface area contributed by atoms with E-state index < -0.39 is 16.6 Å². The molecule has 11 nitrogen and oxygen atoms in total. The Labute approximate surface area is 198 Å². The maximum absolute atomic E-state index is 13.4. The Kier molecular flexibility index (Phi) is 7.00. The van der Waals surface area contributed by atoms with Gasteiger partial charge in [0.15, 0.2) is 19.2 Å². The van der Waals surface area contributed by atoms with Crippen molar-refractivity contribution in [2.45, 2.75) is 26.8 Å². The summed E-state index contributed by atoms with van der Waals surface area (Å²) in [5, 5.41) is 22.0. The van der Waals surface area contributed by atoms with Crippen LogP contribution in [0.5, 0.6) is 11.5 Å². The predicted molar refractivity (Wildman–Crippen MR) is 123 cm³/mol. The maximum Gasteiger partial charge on any atom is 0.311 e. The number of ether oxygens (including phenoxy) is 2. The van der Waals surface area contributed by atoms with Crippen LogP contribution in [0.1, 0.15) is 23.0 Å². The molecular formula is C23H21FN6O5. The molecule has 35 heavy (non-hydrogen) atoms. The van der Waals surface area contributed by atoms with Gasteiger partial charge in [0.25, 0.3) is 5.91 Å². The van der Waals surface area contributed by atoms with Gasteiger partial charge in [-0.05, 0) is 36.2 Å². The fourth-order valence-electron chi connectivity index (χ4n) is 3.10. The van der Waals surface area contributed by atoms with E-state index >= 15 is 0 Å². The molecule has 0 spiro atoms. The van der Waals surface area contributed by atoms with Gasteiger partial charge in [-0.25, -0.2) is 13.8 Å². The Morgan fingerprint density at radius 2 is 1.89 bits per heavy atom. The van der Waals surface area contributed by atoms with Crippen molar-refractivity contribution < 1.29 is 23.6 Å². The van der Waals surface area contributed by atoms with Gasteiger partial charge in [-0.15, -0.1) is 0 Å². The topological polar surface area (TPSA) is 126 Å². The number of amides is 1. The lowest BCUT2D eigenvalue weighted by molar-refractivity contribution is -0.386. The summed E-state index contributed by atoms with van der Waals surface area (Å²) in [5.74, 6) is -0.699. The molecule has 0 bridgehead atoms. The highest BCUT2D eigenvalue weighted by Crippen LogP contribution is 2.27. The average Bonchev–Trinajstić information content (AvgIpc) is 3.51. The molecule has 12 heteroatoms. The number of benzene rings is 2. The Morgan fingerprint density at radius 3 is 2.63 bits per heavy atom. The molecule has 4 aromatic rings. The Hall–Kier alpha value is -4.74. The third-order valence-electron chi connectivity index (χ3n) is 4.93. The van der Waals surface area contributed by atoms with Crippen LogP contribution in [0.15, 0.2) is 67.1 Å². The third-order valence-corrected chi connectivity index (χ3v) is 4.93. The minimum Gasteiger partial charge on any atom is -0.471 e. The molecule has 0 saturated carbocycles. The van der Waals surface area contributed by atoms with Gasteiger partial charge in [0.1, 0.15) is 11.6 Å². The summed E-state index contributed by atoms with van der Waals surface area (Å²) in [6, 6.07) is 12.1. The van der Waals surface area contributed by atoms with E-state index in [1.165, 1.54) is 33.4 Å². The molecule has 2 aromatic carbocycles. The summed E-state index contributed by atoms with van der Waals surface area (Å²) >= 11 is 0. The van der Waals surface area contributed by atoms with Crippen LogP contribution in [0.25, 0.3) is 0 Å². The van der Waals surface area contributed by atoms with Crippen LogP contribution in [-0.2, 0) is 19.9 Å². The summed E-state index contributed by atoms with van der Waals surface area (Å²) in [6.07, 6.45) is 5.50. The smallest absolute Gasteiger partial charge is 0.311 e. The number of nitro groups is 1. The molecular weight excluding hydrogens is 459 g/mol. The zero-order chi connectivity index (χ0) is 24.8. The first-order valence-electron chi connectivity index (χ1n) is 10.6. The second-order valence-corrected chi connectivity index (χ2v) is 7.38. The molecule has 2 aromatic heterocycles. The zero-order valence-corrected chi connectivity index (χ0v) is 18.6. The van der Waals surface area contributed by atoms with E-state index in [9.17, 15) is 19.3 Å². The summed E-state index contributed by atoms with van der Waals surface area (Å²) in [5.41, 5.74) is 1.37. The molecule has 0 aliphatic heterocycles. The van der Waals surface area contributed by atoms with Crippen LogP contribution in [0, 0.1) is 15.9 Å². The number of aryl methyl sites for hydroxylation is 1. The molecule has 0 radical (unpaired) electrons. The number of rotatable bonds is 10. The highest BCUT2D eigenvalue weighted by atomic mass is 19.1. The second-order valence-electron chi connectivity index (χ2n) is 7.38. The SMILES string of the molecule is CCc1ccc(OCn2cc(NC(=O)c3ccn(COc4cc(F)ccc4[N+](=O)[O-])n3)cn2)cc1. The predicted octanol–water partition coefficient (Wildman–Crippen LogP) is 4.01. The number of nitrogens with zero attached hydrogens (tertiary/aromatic N) is 5. The van der Waals surface area contributed by atoms with Crippen LogP contribution in [0.2, 0.25) is 0 Å². The largest absolute Gasteiger partial charge is 0.471 e. The van der Waals surface area contributed by atoms with Crippen LogP contribution >= 0.6 is 0 Å². The van der Waals surface area contributed by atoms with Crippen molar-refractivity contribution in [1.29, 1.82) is 0 Å². The van der Waals surface area contributed by atoms with Gasteiger partial charge in [0.05, 0.1) is 23.0 Å². The number of nitro benzene ring substituents is 1. The van der Waals surface area contributed by atoms with Gasteiger partial charge in [0, 0.05) is 18.3 Å². The van der Waals surface area contributed by atoms with E-state index in [-0.39, 0.29) is 30.6 Å². The molecule has 0 saturated heterocycles. The van der Waals surface area contributed by atoms with Crippen LogP contribution in [-0.4, -0.2) is 30.4 Å². The monoisotopic (exact) mass is 480 g/mol. The lowest BCUT2D eigenvalue weighted by atomic mass is 10.2. The van der Waals surface area contributed by atoms with Crippen molar-refractivity contribution in [3.8, 4) is 11.5 Å². The normalized spacial score (nSPS) is 10.7. The molecule has 0 fully saturated rings. The number of carbonyl (C=O) groups excluding carboxylic acids is 1. The number of nitrogens with one attached hydrogen (secondary N) is 1. The lowest BCUT2D eigenvalue weighted by Crippen LogP contribution is -2.14. The number of carbonyl (C=O) groups is 1. The molecule has 1 amide bonds. The van der Waals surface area contributed by atoms with Gasteiger partial charge in [0.2, 0.25) is 5.75 Å². The van der Waals surface area contributed by atoms with E-state index in [4.69, 9.17) is 9.47 Å². The van der Waals surface area contributed by atoms with Gasteiger partial charge >= 0.3 is 5.69 Å². The first-order chi connectivity index (χ1) is 16.9.